The van der Waals surface area contributed by atoms with E-state index in [2.05, 4.69) is 10.3 Å². The van der Waals surface area contributed by atoms with Gasteiger partial charge >= 0.3 is 0 Å². The lowest BCUT2D eigenvalue weighted by Gasteiger charge is -2.37. The summed E-state index contributed by atoms with van der Waals surface area (Å²) in [6, 6.07) is 21.1. The quantitative estimate of drug-likeness (QED) is 0.398. The average Bonchev–Trinajstić information content (AvgIpc) is 3.25. The molecule has 1 fully saturated rings. The third-order valence-corrected chi connectivity index (χ3v) is 7.29. The number of hydrogen-bond donors (Lipinski definition) is 2. The van der Waals surface area contributed by atoms with Crippen LogP contribution < -0.4 is 5.32 Å². The molecule has 0 radical (unpaired) electrons. The number of aromatic hydroxyl groups is 1. The van der Waals surface area contributed by atoms with Crippen LogP contribution in [0.5, 0.6) is 5.75 Å². The number of anilines is 1. The lowest BCUT2D eigenvalue weighted by atomic mass is 9.71. The number of rotatable bonds is 4. The zero-order valence-electron chi connectivity index (χ0n) is 17.8. The first-order chi connectivity index (χ1) is 15.6. The Morgan fingerprint density at radius 3 is 2.59 bits per heavy atom. The second-order valence-electron chi connectivity index (χ2n) is 8.18. The standard InChI is InChI=1S/C26H24N2O3S/c1-17-6-2-3-7-20(17)26(12-14-31-15-13-26)25(30)27-18-10-11-22(29)19(16-18)24-28-21-8-4-5-9-23(21)32-24/h2-11,16,29H,12-15H2,1H3,(H,27,30). The van der Waals surface area contributed by atoms with Gasteiger partial charge < -0.3 is 15.2 Å². The van der Waals surface area contributed by atoms with E-state index >= 15 is 0 Å². The van der Waals surface area contributed by atoms with Crippen LogP contribution in [0, 0.1) is 6.92 Å². The third-order valence-electron chi connectivity index (χ3n) is 6.22. The summed E-state index contributed by atoms with van der Waals surface area (Å²) in [5.74, 6) is 0.0952. The molecule has 0 unspecified atom stereocenters. The van der Waals surface area contributed by atoms with Crippen LogP contribution in [0.4, 0.5) is 5.69 Å². The number of carbonyl (C=O) groups excluding carboxylic acids is 1. The van der Waals surface area contributed by atoms with E-state index in [9.17, 15) is 9.90 Å². The minimum Gasteiger partial charge on any atom is -0.507 e. The predicted octanol–water partition coefficient (Wildman–Crippen LogP) is 5.66. The summed E-state index contributed by atoms with van der Waals surface area (Å²) in [6.45, 7) is 3.15. The topological polar surface area (TPSA) is 71.5 Å². The summed E-state index contributed by atoms with van der Waals surface area (Å²) in [7, 11) is 0. The number of carbonyl (C=O) groups is 1. The predicted molar refractivity (Wildman–Crippen MR) is 128 cm³/mol. The van der Waals surface area contributed by atoms with Crippen LogP contribution in [0.1, 0.15) is 24.0 Å². The number of nitrogens with zero attached hydrogens (tertiary/aromatic N) is 1. The Kier molecular flexibility index (Phi) is 5.41. The van der Waals surface area contributed by atoms with Gasteiger partial charge in [0.2, 0.25) is 5.91 Å². The molecule has 3 aromatic carbocycles. The van der Waals surface area contributed by atoms with Crippen molar-refractivity contribution in [2.75, 3.05) is 18.5 Å². The molecule has 2 heterocycles. The Hall–Kier alpha value is -3.22. The van der Waals surface area contributed by atoms with Gasteiger partial charge in [0.15, 0.2) is 0 Å². The molecule has 2 N–H and O–H groups in total. The largest absolute Gasteiger partial charge is 0.507 e. The van der Waals surface area contributed by atoms with E-state index in [4.69, 9.17) is 4.74 Å². The van der Waals surface area contributed by atoms with Crippen LogP contribution in [0.3, 0.4) is 0 Å². The highest BCUT2D eigenvalue weighted by atomic mass is 32.1. The maximum absolute atomic E-state index is 13.7. The van der Waals surface area contributed by atoms with Gasteiger partial charge in [0.1, 0.15) is 10.8 Å². The molecule has 1 aliphatic heterocycles. The van der Waals surface area contributed by atoms with Crippen molar-refractivity contribution in [1.29, 1.82) is 0 Å². The Bertz CT molecular complexity index is 1260. The first-order valence-electron chi connectivity index (χ1n) is 10.7. The number of hydrogen-bond acceptors (Lipinski definition) is 5. The van der Waals surface area contributed by atoms with Crippen molar-refractivity contribution in [3.8, 4) is 16.3 Å². The van der Waals surface area contributed by atoms with Gasteiger partial charge in [-0.15, -0.1) is 11.3 Å². The molecule has 0 spiro atoms. The number of thiazole rings is 1. The molecule has 5 rings (SSSR count). The lowest BCUT2D eigenvalue weighted by molar-refractivity contribution is -0.125. The van der Waals surface area contributed by atoms with Gasteiger partial charge in [-0.2, -0.15) is 0 Å². The van der Waals surface area contributed by atoms with Crippen molar-refractivity contribution in [1.82, 2.24) is 4.98 Å². The number of aryl methyl sites for hydroxylation is 1. The van der Waals surface area contributed by atoms with E-state index in [-0.39, 0.29) is 11.7 Å². The molecule has 0 bridgehead atoms. The third kappa shape index (κ3) is 3.66. The zero-order chi connectivity index (χ0) is 22.1. The van der Waals surface area contributed by atoms with E-state index in [0.717, 1.165) is 26.4 Å². The number of amides is 1. The molecule has 1 aliphatic rings. The number of fused-ring (bicyclic) bond motifs is 1. The minimum atomic E-state index is -0.641. The second-order valence-corrected chi connectivity index (χ2v) is 9.21. The Morgan fingerprint density at radius 1 is 1.06 bits per heavy atom. The smallest absolute Gasteiger partial charge is 0.235 e. The van der Waals surface area contributed by atoms with Crippen LogP contribution in [-0.2, 0) is 14.9 Å². The average molecular weight is 445 g/mol. The van der Waals surface area contributed by atoms with E-state index in [0.29, 0.717) is 37.3 Å². The number of ether oxygens (including phenoxy) is 1. The van der Waals surface area contributed by atoms with E-state index < -0.39 is 5.41 Å². The van der Waals surface area contributed by atoms with Gasteiger partial charge in [-0.25, -0.2) is 4.98 Å². The fourth-order valence-electron chi connectivity index (χ4n) is 4.47. The molecule has 4 aromatic rings. The van der Waals surface area contributed by atoms with Crippen LogP contribution in [0.15, 0.2) is 66.7 Å². The van der Waals surface area contributed by atoms with Crippen molar-refractivity contribution < 1.29 is 14.6 Å². The normalized spacial score (nSPS) is 15.5. The van der Waals surface area contributed by atoms with Crippen molar-refractivity contribution in [3.63, 3.8) is 0 Å². The van der Waals surface area contributed by atoms with Gasteiger partial charge in [-0.1, -0.05) is 36.4 Å². The van der Waals surface area contributed by atoms with E-state index in [1.165, 1.54) is 11.3 Å². The summed E-state index contributed by atoms with van der Waals surface area (Å²) in [5, 5.41) is 14.3. The molecule has 1 saturated heterocycles. The van der Waals surface area contributed by atoms with Gasteiger partial charge in [0, 0.05) is 18.9 Å². The number of phenolic OH excluding ortho intramolecular Hbond substituents is 1. The fourth-order valence-corrected chi connectivity index (χ4v) is 5.46. The van der Waals surface area contributed by atoms with Crippen molar-refractivity contribution in [2.45, 2.75) is 25.2 Å². The molecule has 1 aromatic heterocycles. The molecular weight excluding hydrogens is 420 g/mol. The number of nitrogens with one attached hydrogen (secondary N) is 1. The van der Waals surface area contributed by atoms with Crippen molar-refractivity contribution in [3.05, 3.63) is 77.9 Å². The monoisotopic (exact) mass is 444 g/mol. The number of para-hydroxylation sites is 1. The van der Waals surface area contributed by atoms with E-state index in [1.54, 1.807) is 18.2 Å². The van der Waals surface area contributed by atoms with Gasteiger partial charge in [0.05, 0.1) is 21.2 Å². The van der Waals surface area contributed by atoms with Crippen LogP contribution in [-0.4, -0.2) is 29.2 Å². The number of phenols is 1. The summed E-state index contributed by atoms with van der Waals surface area (Å²) in [5.41, 5.74) is 3.65. The first-order valence-corrected chi connectivity index (χ1v) is 11.5. The highest BCUT2D eigenvalue weighted by Gasteiger charge is 2.42. The Labute approximate surface area is 190 Å². The van der Waals surface area contributed by atoms with Crippen LogP contribution in [0.2, 0.25) is 0 Å². The van der Waals surface area contributed by atoms with Gasteiger partial charge in [-0.05, 0) is 61.2 Å². The lowest BCUT2D eigenvalue weighted by Crippen LogP contribution is -2.45. The zero-order valence-corrected chi connectivity index (χ0v) is 18.6. The molecule has 1 amide bonds. The molecule has 5 nitrogen and oxygen atoms in total. The molecule has 0 aliphatic carbocycles. The fraction of sp³-hybridized carbons (Fsp3) is 0.231. The second kappa shape index (κ2) is 8.37. The van der Waals surface area contributed by atoms with Crippen molar-refractivity contribution >= 4 is 33.1 Å². The van der Waals surface area contributed by atoms with Gasteiger partial charge in [0.25, 0.3) is 0 Å². The summed E-state index contributed by atoms with van der Waals surface area (Å²) in [4.78, 5) is 18.3. The van der Waals surface area contributed by atoms with E-state index in [1.807, 2.05) is 55.5 Å². The highest BCUT2D eigenvalue weighted by molar-refractivity contribution is 7.21. The minimum absolute atomic E-state index is 0.0453. The summed E-state index contributed by atoms with van der Waals surface area (Å²) >= 11 is 1.52. The van der Waals surface area contributed by atoms with Crippen molar-refractivity contribution in [2.24, 2.45) is 0 Å². The highest BCUT2D eigenvalue weighted by Crippen LogP contribution is 2.40. The number of benzene rings is 3. The Morgan fingerprint density at radius 2 is 1.81 bits per heavy atom. The van der Waals surface area contributed by atoms with Crippen LogP contribution in [0.25, 0.3) is 20.8 Å². The van der Waals surface area contributed by atoms with Gasteiger partial charge in [-0.3, -0.25) is 4.79 Å². The molecule has 0 atom stereocenters. The van der Waals surface area contributed by atoms with Crippen LogP contribution >= 0.6 is 11.3 Å². The molecular formula is C26H24N2O3S. The molecule has 162 valence electrons. The SMILES string of the molecule is Cc1ccccc1C1(C(=O)Nc2ccc(O)c(-c3nc4ccccc4s3)c2)CCOCC1. The summed E-state index contributed by atoms with van der Waals surface area (Å²) in [6.07, 6.45) is 1.26. The maximum Gasteiger partial charge on any atom is 0.235 e. The summed E-state index contributed by atoms with van der Waals surface area (Å²) < 4.78 is 6.64. The maximum atomic E-state index is 13.7. The Balaban J connectivity index is 1.49. The first kappa shape index (κ1) is 20.7. The number of aromatic nitrogens is 1. The molecule has 32 heavy (non-hydrogen) atoms. The molecule has 0 saturated carbocycles. The molecule has 6 heteroatoms.